The van der Waals surface area contributed by atoms with Gasteiger partial charge >= 0.3 is 0 Å². The lowest BCUT2D eigenvalue weighted by molar-refractivity contribution is -0.00745. The number of aliphatic hydroxyl groups is 1. The van der Waals surface area contributed by atoms with Gasteiger partial charge in [0.2, 0.25) is 0 Å². The maximum absolute atomic E-state index is 10.7. The number of aryl methyl sites for hydroxylation is 1. The van der Waals surface area contributed by atoms with E-state index < -0.39 is 0 Å². The zero-order valence-corrected chi connectivity index (χ0v) is 14.0. The van der Waals surface area contributed by atoms with Crippen LogP contribution in [0.2, 0.25) is 0 Å². The fourth-order valence-electron chi connectivity index (χ4n) is 3.02. The summed E-state index contributed by atoms with van der Waals surface area (Å²) in [4.78, 5) is 5.23. The Morgan fingerprint density at radius 1 is 1.15 bits per heavy atom. The Kier molecular flexibility index (Phi) is 5.65. The van der Waals surface area contributed by atoms with Crippen LogP contribution in [0.15, 0.2) is 12.1 Å². The third kappa shape index (κ3) is 3.84. The second-order valence-corrected chi connectivity index (χ2v) is 7.75. The van der Waals surface area contributed by atoms with Gasteiger partial charge in [0.1, 0.15) is 0 Å². The lowest BCUT2D eigenvalue weighted by Crippen LogP contribution is -2.53. The van der Waals surface area contributed by atoms with E-state index in [9.17, 15) is 5.11 Å². The molecule has 0 aromatic carbocycles. The second-order valence-electron chi connectivity index (χ2n) is 6.50. The minimum atomic E-state index is -0.288. The molecule has 0 amide bonds. The molecule has 0 radical (unpaired) electrons. The Balaban J connectivity index is 1.99. The predicted octanol–water partition coefficient (Wildman–Crippen LogP) is 3.87. The van der Waals surface area contributed by atoms with Crippen molar-refractivity contribution in [1.29, 1.82) is 0 Å². The fourth-order valence-corrected chi connectivity index (χ4v) is 4.01. The van der Waals surface area contributed by atoms with Gasteiger partial charge < -0.3 is 5.11 Å². The van der Waals surface area contributed by atoms with Crippen LogP contribution < -0.4 is 0 Å². The molecule has 1 N–H and O–H groups in total. The van der Waals surface area contributed by atoms with Crippen LogP contribution in [0.25, 0.3) is 0 Å². The average Bonchev–Trinajstić information content (AvgIpc) is 2.70. The van der Waals surface area contributed by atoms with Gasteiger partial charge in [0.15, 0.2) is 0 Å². The van der Waals surface area contributed by atoms with Crippen molar-refractivity contribution in [3.8, 4) is 0 Å². The molecule has 1 aliphatic rings. The second kappa shape index (κ2) is 7.06. The van der Waals surface area contributed by atoms with Gasteiger partial charge in [-0.05, 0) is 58.3 Å². The summed E-state index contributed by atoms with van der Waals surface area (Å²) < 4.78 is 0. The van der Waals surface area contributed by atoms with Crippen LogP contribution in [0.1, 0.15) is 56.2 Å². The van der Waals surface area contributed by atoms with Gasteiger partial charge in [-0.25, -0.2) is 0 Å². The van der Waals surface area contributed by atoms with Gasteiger partial charge in [-0.3, -0.25) is 4.90 Å². The molecule has 3 heteroatoms. The number of nitrogens with zero attached hydrogens (tertiary/aromatic N) is 1. The molecular weight excluding hydrogens is 266 g/mol. The summed E-state index contributed by atoms with van der Waals surface area (Å²) in [6, 6.07) is 4.39. The molecule has 2 heterocycles. The summed E-state index contributed by atoms with van der Waals surface area (Å²) in [5, 5.41) is 10.7. The quantitative estimate of drug-likeness (QED) is 0.891. The molecule has 1 unspecified atom stereocenters. The van der Waals surface area contributed by atoms with Crippen molar-refractivity contribution < 1.29 is 5.11 Å². The molecule has 1 fully saturated rings. The maximum Gasteiger partial charge on any atom is 0.0766 e. The van der Waals surface area contributed by atoms with E-state index in [-0.39, 0.29) is 11.6 Å². The van der Waals surface area contributed by atoms with Crippen molar-refractivity contribution in [1.82, 2.24) is 4.90 Å². The third-order valence-electron chi connectivity index (χ3n) is 4.70. The first-order valence-corrected chi connectivity index (χ1v) is 8.86. The lowest BCUT2D eigenvalue weighted by Gasteiger charge is -2.41. The van der Waals surface area contributed by atoms with E-state index in [0.717, 1.165) is 25.9 Å². The molecule has 0 bridgehead atoms. The molecule has 114 valence electrons. The third-order valence-corrected chi connectivity index (χ3v) is 5.95. The molecule has 0 spiro atoms. The number of hydrogen-bond donors (Lipinski definition) is 1. The van der Waals surface area contributed by atoms with Gasteiger partial charge in [-0.1, -0.05) is 19.8 Å². The van der Waals surface area contributed by atoms with E-state index in [1.54, 1.807) is 0 Å². The predicted molar refractivity (Wildman–Crippen MR) is 87.5 cm³/mol. The van der Waals surface area contributed by atoms with Gasteiger partial charge in [0.25, 0.3) is 0 Å². The molecule has 1 aromatic rings. The number of thiophene rings is 1. The summed E-state index contributed by atoms with van der Waals surface area (Å²) in [5.74, 6) is 0. The zero-order valence-electron chi connectivity index (χ0n) is 13.2. The lowest BCUT2D eigenvalue weighted by atomic mass is 9.91. The first kappa shape index (κ1) is 16.0. The molecule has 20 heavy (non-hydrogen) atoms. The highest BCUT2D eigenvalue weighted by molar-refractivity contribution is 7.11. The van der Waals surface area contributed by atoms with Gasteiger partial charge in [-0.2, -0.15) is 0 Å². The summed E-state index contributed by atoms with van der Waals surface area (Å²) >= 11 is 1.85. The summed E-state index contributed by atoms with van der Waals surface area (Å²) in [6.45, 7) is 8.87. The Hall–Kier alpha value is -0.380. The largest absolute Gasteiger partial charge is 0.391 e. The molecule has 2 nitrogen and oxygen atoms in total. The first-order valence-electron chi connectivity index (χ1n) is 8.04. The van der Waals surface area contributed by atoms with Crippen molar-refractivity contribution in [2.75, 3.05) is 13.1 Å². The normalized spacial score (nSPS) is 19.8. The minimum absolute atomic E-state index is 0.124. The SMILES string of the molecule is CCc1ccc(CC(O)C(C)(C)N2CCCCCC2)s1. The zero-order chi connectivity index (χ0) is 14.6. The van der Waals surface area contributed by atoms with Crippen LogP contribution in [0.5, 0.6) is 0 Å². The standard InChI is InChI=1S/C17H29NOS/c1-4-14-9-10-15(20-14)13-16(19)17(2,3)18-11-7-5-6-8-12-18/h9-10,16,19H,4-8,11-13H2,1-3H3. The van der Waals surface area contributed by atoms with Gasteiger partial charge in [-0.15, -0.1) is 11.3 Å². The van der Waals surface area contributed by atoms with E-state index in [1.165, 1.54) is 35.4 Å². The molecule has 0 aliphatic carbocycles. The highest BCUT2D eigenvalue weighted by atomic mass is 32.1. The van der Waals surface area contributed by atoms with Crippen molar-refractivity contribution >= 4 is 11.3 Å². The van der Waals surface area contributed by atoms with E-state index in [4.69, 9.17) is 0 Å². The molecule has 0 saturated carbocycles. The van der Waals surface area contributed by atoms with Crippen LogP contribution in [0, 0.1) is 0 Å². The number of aliphatic hydroxyl groups excluding tert-OH is 1. The summed E-state index contributed by atoms with van der Waals surface area (Å²) in [6.07, 6.45) is 6.82. The number of likely N-dealkylation sites (tertiary alicyclic amines) is 1. The van der Waals surface area contributed by atoms with E-state index in [1.807, 2.05) is 11.3 Å². The summed E-state index contributed by atoms with van der Waals surface area (Å²) in [7, 11) is 0. The van der Waals surface area contributed by atoms with Crippen molar-refractivity contribution in [2.45, 2.75) is 70.9 Å². The van der Waals surface area contributed by atoms with Crippen LogP contribution in [-0.4, -0.2) is 34.7 Å². The van der Waals surface area contributed by atoms with E-state index in [0.29, 0.717) is 0 Å². The molecule has 1 atom stereocenters. The highest BCUT2D eigenvalue weighted by Crippen LogP contribution is 2.27. The number of hydrogen-bond acceptors (Lipinski definition) is 3. The molecule has 1 saturated heterocycles. The topological polar surface area (TPSA) is 23.5 Å². The van der Waals surface area contributed by atoms with Crippen LogP contribution in [0.4, 0.5) is 0 Å². The Morgan fingerprint density at radius 2 is 1.75 bits per heavy atom. The fraction of sp³-hybridized carbons (Fsp3) is 0.765. The van der Waals surface area contributed by atoms with E-state index >= 15 is 0 Å². The number of rotatable bonds is 5. The highest BCUT2D eigenvalue weighted by Gasteiger charge is 2.34. The van der Waals surface area contributed by atoms with Crippen LogP contribution >= 0.6 is 11.3 Å². The van der Waals surface area contributed by atoms with Crippen molar-refractivity contribution in [2.24, 2.45) is 0 Å². The van der Waals surface area contributed by atoms with Gasteiger partial charge in [0.05, 0.1) is 6.10 Å². The van der Waals surface area contributed by atoms with Crippen LogP contribution in [0.3, 0.4) is 0 Å². The minimum Gasteiger partial charge on any atom is -0.391 e. The Morgan fingerprint density at radius 3 is 2.30 bits per heavy atom. The first-order chi connectivity index (χ1) is 9.54. The summed E-state index contributed by atoms with van der Waals surface area (Å²) in [5.41, 5.74) is -0.124. The van der Waals surface area contributed by atoms with Crippen molar-refractivity contribution in [3.05, 3.63) is 21.9 Å². The molecule has 1 aromatic heterocycles. The average molecular weight is 295 g/mol. The van der Waals surface area contributed by atoms with Gasteiger partial charge in [0, 0.05) is 21.7 Å². The smallest absolute Gasteiger partial charge is 0.0766 e. The van der Waals surface area contributed by atoms with Crippen LogP contribution in [-0.2, 0) is 12.8 Å². The molecule has 2 rings (SSSR count). The monoisotopic (exact) mass is 295 g/mol. The maximum atomic E-state index is 10.7. The van der Waals surface area contributed by atoms with Crippen molar-refractivity contribution in [3.63, 3.8) is 0 Å². The Bertz CT molecular complexity index is 405. The van der Waals surface area contributed by atoms with E-state index in [2.05, 4.69) is 37.8 Å². The molecular formula is C17H29NOS. The molecule has 1 aliphatic heterocycles. The Labute approximate surface area is 127 Å².